The Kier molecular flexibility index (Phi) is 2.51. The molecular formula is C12H16ClN3. The lowest BCUT2D eigenvalue weighted by Gasteiger charge is -2.18. The van der Waals surface area contributed by atoms with Crippen LogP contribution in [0, 0.1) is 18.8 Å². The molecule has 2 fully saturated rings. The number of nitrogens with zero attached hydrogens (tertiary/aromatic N) is 2. The zero-order chi connectivity index (χ0) is 11.1. The fourth-order valence-electron chi connectivity index (χ4n) is 2.31. The summed E-state index contributed by atoms with van der Waals surface area (Å²) in [4.78, 5) is 8.46. The summed E-state index contributed by atoms with van der Waals surface area (Å²) >= 11 is 5.93. The Bertz CT molecular complexity index is 367. The van der Waals surface area contributed by atoms with Crippen LogP contribution < -0.4 is 5.32 Å². The number of aryl methyl sites for hydroxylation is 1. The van der Waals surface area contributed by atoms with Crippen LogP contribution in [0.1, 0.15) is 31.5 Å². The number of nitrogens with one attached hydrogen (secondary N) is 1. The normalized spacial score (nSPS) is 20.2. The standard InChI is InChI=1S/C12H16ClN3/c1-7-14-10(13)6-11(15-7)16-12(8-2-3-8)9-4-5-9/h6,8-9,12H,2-5H2,1H3,(H,14,15,16). The van der Waals surface area contributed by atoms with Gasteiger partial charge in [0, 0.05) is 12.1 Å². The van der Waals surface area contributed by atoms with Crippen molar-refractivity contribution in [1.29, 1.82) is 0 Å². The molecule has 0 radical (unpaired) electrons. The van der Waals surface area contributed by atoms with E-state index in [1.54, 1.807) is 0 Å². The minimum atomic E-state index is 0.528. The lowest BCUT2D eigenvalue weighted by Crippen LogP contribution is -2.25. The van der Waals surface area contributed by atoms with Crippen LogP contribution in [0.5, 0.6) is 0 Å². The molecule has 2 aliphatic rings. The summed E-state index contributed by atoms with van der Waals surface area (Å²) in [5, 5.41) is 4.08. The van der Waals surface area contributed by atoms with Crippen molar-refractivity contribution in [2.24, 2.45) is 11.8 Å². The van der Waals surface area contributed by atoms with Crippen molar-refractivity contribution in [2.75, 3.05) is 5.32 Å². The zero-order valence-corrected chi connectivity index (χ0v) is 10.2. The van der Waals surface area contributed by atoms with Crippen molar-refractivity contribution < 1.29 is 0 Å². The maximum atomic E-state index is 5.93. The van der Waals surface area contributed by atoms with Crippen LogP contribution in [-0.4, -0.2) is 16.0 Å². The molecule has 4 heteroatoms. The summed E-state index contributed by atoms with van der Waals surface area (Å²) in [7, 11) is 0. The summed E-state index contributed by atoms with van der Waals surface area (Å²) in [6.07, 6.45) is 5.47. The van der Waals surface area contributed by atoms with Gasteiger partial charge in [0.2, 0.25) is 0 Å². The maximum absolute atomic E-state index is 5.93. The van der Waals surface area contributed by atoms with E-state index in [4.69, 9.17) is 11.6 Å². The third kappa shape index (κ3) is 2.29. The van der Waals surface area contributed by atoms with Gasteiger partial charge in [0.05, 0.1) is 0 Å². The SMILES string of the molecule is Cc1nc(Cl)cc(NC(C2CC2)C2CC2)n1. The minimum absolute atomic E-state index is 0.528. The molecule has 0 spiro atoms. The average molecular weight is 238 g/mol. The Morgan fingerprint density at radius 2 is 1.88 bits per heavy atom. The molecule has 16 heavy (non-hydrogen) atoms. The molecular weight excluding hydrogens is 222 g/mol. The lowest BCUT2D eigenvalue weighted by atomic mass is 10.1. The second-order valence-electron chi connectivity index (χ2n) is 4.97. The van der Waals surface area contributed by atoms with Crippen LogP contribution in [0.15, 0.2) is 6.07 Å². The predicted octanol–water partition coefficient (Wildman–Crippen LogP) is 3.04. The summed E-state index contributed by atoms with van der Waals surface area (Å²) in [5.41, 5.74) is 0. The van der Waals surface area contributed by atoms with Gasteiger partial charge in [-0.05, 0) is 44.4 Å². The highest BCUT2D eigenvalue weighted by atomic mass is 35.5. The Labute approximate surface area is 101 Å². The van der Waals surface area contributed by atoms with Gasteiger partial charge in [0.1, 0.15) is 16.8 Å². The molecule has 3 rings (SSSR count). The molecule has 2 aliphatic carbocycles. The van der Waals surface area contributed by atoms with Crippen LogP contribution in [0.4, 0.5) is 5.82 Å². The van der Waals surface area contributed by atoms with Crippen LogP contribution >= 0.6 is 11.6 Å². The molecule has 0 aromatic carbocycles. The molecule has 0 unspecified atom stereocenters. The van der Waals surface area contributed by atoms with Crippen LogP contribution in [0.3, 0.4) is 0 Å². The third-order valence-corrected chi connectivity index (χ3v) is 3.57. The van der Waals surface area contributed by atoms with Crippen molar-refractivity contribution in [2.45, 2.75) is 38.6 Å². The number of halogens is 1. The van der Waals surface area contributed by atoms with Gasteiger partial charge in [0.15, 0.2) is 0 Å². The molecule has 1 N–H and O–H groups in total. The van der Waals surface area contributed by atoms with Crippen LogP contribution in [-0.2, 0) is 0 Å². The van der Waals surface area contributed by atoms with E-state index in [2.05, 4.69) is 15.3 Å². The van der Waals surface area contributed by atoms with E-state index < -0.39 is 0 Å². The highest BCUT2D eigenvalue weighted by molar-refractivity contribution is 6.29. The molecule has 0 bridgehead atoms. The van der Waals surface area contributed by atoms with E-state index in [1.165, 1.54) is 25.7 Å². The van der Waals surface area contributed by atoms with Crippen molar-refractivity contribution in [3.63, 3.8) is 0 Å². The van der Waals surface area contributed by atoms with Gasteiger partial charge in [-0.1, -0.05) is 11.6 Å². The van der Waals surface area contributed by atoms with Gasteiger partial charge in [-0.2, -0.15) is 0 Å². The first kappa shape index (κ1) is 10.3. The minimum Gasteiger partial charge on any atom is -0.367 e. The van der Waals surface area contributed by atoms with E-state index in [1.807, 2.05) is 13.0 Å². The van der Waals surface area contributed by atoms with Gasteiger partial charge < -0.3 is 5.32 Å². The average Bonchev–Trinajstić information content (AvgIpc) is 3.07. The fourth-order valence-corrected chi connectivity index (χ4v) is 2.53. The molecule has 0 saturated heterocycles. The monoisotopic (exact) mass is 237 g/mol. The van der Waals surface area contributed by atoms with E-state index in [0.29, 0.717) is 11.2 Å². The molecule has 2 saturated carbocycles. The Morgan fingerprint density at radius 3 is 2.38 bits per heavy atom. The highest BCUT2D eigenvalue weighted by Crippen LogP contribution is 2.45. The van der Waals surface area contributed by atoms with Crippen molar-refractivity contribution in [1.82, 2.24) is 9.97 Å². The van der Waals surface area contributed by atoms with Gasteiger partial charge in [-0.3, -0.25) is 0 Å². The van der Waals surface area contributed by atoms with Gasteiger partial charge in [-0.25, -0.2) is 9.97 Å². The Balaban J connectivity index is 1.75. The molecule has 0 amide bonds. The quantitative estimate of drug-likeness (QED) is 0.818. The van der Waals surface area contributed by atoms with Gasteiger partial charge in [0.25, 0.3) is 0 Å². The van der Waals surface area contributed by atoms with Crippen LogP contribution in [0.25, 0.3) is 0 Å². The van der Waals surface area contributed by atoms with E-state index in [9.17, 15) is 0 Å². The second-order valence-corrected chi connectivity index (χ2v) is 5.36. The summed E-state index contributed by atoms with van der Waals surface area (Å²) in [6.45, 7) is 1.88. The predicted molar refractivity (Wildman–Crippen MR) is 64.6 cm³/mol. The topological polar surface area (TPSA) is 37.8 Å². The molecule has 0 atom stereocenters. The summed E-state index contributed by atoms with van der Waals surface area (Å²) in [5.74, 6) is 3.35. The Morgan fingerprint density at radius 1 is 1.25 bits per heavy atom. The molecule has 86 valence electrons. The number of aromatic nitrogens is 2. The summed E-state index contributed by atoms with van der Waals surface area (Å²) in [6, 6.07) is 2.44. The van der Waals surface area contributed by atoms with Crippen molar-refractivity contribution in [3.8, 4) is 0 Å². The van der Waals surface area contributed by atoms with E-state index >= 15 is 0 Å². The molecule has 1 aromatic rings. The molecule has 0 aliphatic heterocycles. The first-order valence-corrected chi connectivity index (χ1v) is 6.38. The first-order chi connectivity index (χ1) is 7.72. The van der Waals surface area contributed by atoms with Crippen molar-refractivity contribution in [3.05, 3.63) is 17.0 Å². The number of rotatable bonds is 4. The molecule has 3 nitrogen and oxygen atoms in total. The third-order valence-electron chi connectivity index (χ3n) is 3.38. The Hall–Kier alpha value is -0.830. The molecule has 1 aromatic heterocycles. The first-order valence-electron chi connectivity index (χ1n) is 6.00. The maximum Gasteiger partial charge on any atom is 0.134 e. The second kappa shape index (κ2) is 3.88. The summed E-state index contributed by atoms with van der Waals surface area (Å²) < 4.78 is 0. The van der Waals surface area contributed by atoms with E-state index in [0.717, 1.165) is 23.5 Å². The number of anilines is 1. The highest BCUT2D eigenvalue weighted by Gasteiger charge is 2.41. The van der Waals surface area contributed by atoms with Gasteiger partial charge in [-0.15, -0.1) is 0 Å². The smallest absolute Gasteiger partial charge is 0.134 e. The number of hydrogen-bond acceptors (Lipinski definition) is 3. The number of hydrogen-bond donors (Lipinski definition) is 1. The van der Waals surface area contributed by atoms with E-state index in [-0.39, 0.29) is 0 Å². The van der Waals surface area contributed by atoms with Crippen molar-refractivity contribution >= 4 is 17.4 Å². The van der Waals surface area contributed by atoms with Crippen LogP contribution in [0.2, 0.25) is 5.15 Å². The molecule has 1 heterocycles. The fraction of sp³-hybridized carbons (Fsp3) is 0.667. The van der Waals surface area contributed by atoms with Gasteiger partial charge >= 0.3 is 0 Å². The lowest BCUT2D eigenvalue weighted by molar-refractivity contribution is 0.565. The zero-order valence-electron chi connectivity index (χ0n) is 9.41. The largest absolute Gasteiger partial charge is 0.367 e.